The number of nitrogens with zero attached hydrogens (tertiary/aromatic N) is 4. The Hall–Kier alpha value is -3.92. The smallest absolute Gasteiger partial charge is 0.260 e. The van der Waals surface area contributed by atoms with Crippen LogP contribution >= 0.6 is 0 Å². The average molecular weight is 508 g/mol. The number of fused-ring (bicyclic) bond motifs is 1. The van der Waals surface area contributed by atoms with Crippen LogP contribution in [0.1, 0.15) is 18.1 Å². The molecule has 0 spiro atoms. The van der Waals surface area contributed by atoms with Crippen molar-refractivity contribution in [3.8, 4) is 22.6 Å². The van der Waals surface area contributed by atoms with E-state index < -0.39 is 5.60 Å². The zero-order valence-corrected chi connectivity index (χ0v) is 22.2. The molecule has 2 aromatic heterocycles. The number of hydrogen-bond acceptors (Lipinski definition) is 8. The third kappa shape index (κ3) is 4.76. The Morgan fingerprint density at radius 2 is 1.84 bits per heavy atom. The van der Waals surface area contributed by atoms with Gasteiger partial charge in [-0.3, -0.25) is 14.2 Å². The zero-order chi connectivity index (χ0) is 26.9. The molecule has 10 nitrogen and oxygen atoms in total. The van der Waals surface area contributed by atoms with Crippen LogP contribution < -0.4 is 20.3 Å². The molecule has 0 bridgehead atoms. The lowest BCUT2D eigenvalue weighted by Crippen LogP contribution is -2.63. The first-order chi connectivity index (χ1) is 17.7. The van der Waals surface area contributed by atoms with E-state index in [2.05, 4.69) is 21.9 Å². The van der Waals surface area contributed by atoms with E-state index in [4.69, 9.17) is 14.2 Å². The first-order valence-electron chi connectivity index (χ1n) is 12.0. The normalized spacial score (nSPS) is 14.3. The van der Waals surface area contributed by atoms with E-state index in [1.165, 1.54) is 6.08 Å². The van der Waals surface area contributed by atoms with Gasteiger partial charge in [0.15, 0.2) is 0 Å². The van der Waals surface area contributed by atoms with Crippen LogP contribution in [0.5, 0.6) is 11.5 Å². The minimum atomic E-state index is -0.478. The summed E-state index contributed by atoms with van der Waals surface area (Å²) in [7, 11) is 4.91. The maximum absolute atomic E-state index is 14.0. The van der Waals surface area contributed by atoms with E-state index >= 15 is 0 Å². The highest BCUT2D eigenvalue weighted by Gasteiger charge is 2.41. The molecule has 0 radical (unpaired) electrons. The van der Waals surface area contributed by atoms with E-state index in [-0.39, 0.29) is 24.6 Å². The van der Waals surface area contributed by atoms with Crippen LogP contribution in [0.2, 0.25) is 0 Å². The summed E-state index contributed by atoms with van der Waals surface area (Å²) in [6.45, 7) is 10.8. The second-order valence-electron chi connectivity index (χ2n) is 9.34. The van der Waals surface area contributed by atoms with Crippen LogP contribution in [-0.2, 0) is 16.1 Å². The number of ether oxygens (including phenoxy) is 3. The number of aromatic nitrogens is 3. The topological polar surface area (TPSA) is 108 Å². The summed E-state index contributed by atoms with van der Waals surface area (Å²) < 4.78 is 18.9. The molecule has 4 rings (SSSR count). The molecule has 1 aliphatic rings. The second-order valence-corrected chi connectivity index (χ2v) is 9.34. The van der Waals surface area contributed by atoms with Crippen molar-refractivity contribution in [1.29, 1.82) is 0 Å². The van der Waals surface area contributed by atoms with Crippen molar-refractivity contribution in [3.05, 3.63) is 52.5 Å². The van der Waals surface area contributed by atoms with Gasteiger partial charge in [-0.15, -0.1) is 0 Å². The Morgan fingerprint density at radius 3 is 2.41 bits per heavy atom. The molecule has 1 saturated heterocycles. The number of carbonyl (C=O) groups is 1. The fraction of sp³-hybridized carbons (Fsp3) is 0.407. The molecule has 0 aliphatic carbocycles. The molecule has 0 saturated carbocycles. The number of carbonyl (C=O) groups excluding carboxylic acids is 1. The molecule has 1 aliphatic heterocycles. The maximum atomic E-state index is 14.0. The molecule has 1 aromatic carbocycles. The highest BCUT2D eigenvalue weighted by Crippen LogP contribution is 2.38. The summed E-state index contributed by atoms with van der Waals surface area (Å²) in [4.78, 5) is 36.4. The van der Waals surface area contributed by atoms with Crippen LogP contribution in [0.4, 0.5) is 5.95 Å². The minimum absolute atomic E-state index is 0.119. The second kappa shape index (κ2) is 10.2. The van der Waals surface area contributed by atoms with Gasteiger partial charge in [0.05, 0.1) is 40.5 Å². The molecular formula is C27H33N5O5. The first-order valence-corrected chi connectivity index (χ1v) is 12.0. The van der Waals surface area contributed by atoms with Crippen LogP contribution in [0, 0.1) is 13.8 Å². The lowest BCUT2D eigenvalue weighted by molar-refractivity contribution is -0.160. The molecule has 1 fully saturated rings. The number of rotatable bonds is 9. The first kappa shape index (κ1) is 26.2. The van der Waals surface area contributed by atoms with Gasteiger partial charge in [0, 0.05) is 35.8 Å². The molecule has 3 heterocycles. The average Bonchev–Trinajstić information content (AvgIpc) is 2.88. The molecule has 0 unspecified atom stereocenters. The van der Waals surface area contributed by atoms with E-state index in [1.54, 1.807) is 36.9 Å². The zero-order valence-electron chi connectivity index (χ0n) is 22.2. The SMILES string of the molecule is C=CC(=O)N1CC(C)(OCCn2c(=O)c(-c3c(C)c(OC)cc(OC)c3C)cc3cnc(NC)nc32)C1. The third-order valence-corrected chi connectivity index (χ3v) is 6.81. The molecule has 196 valence electrons. The summed E-state index contributed by atoms with van der Waals surface area (Å²) in [5.41, 5.74) is 2.74. The minimum Gasteiger partial charge on any atom is -0.496 e. The van der Waals surface area contributed by atoms with Crippen LogP contribution in [0.3, 0.4) is 0 Å². The summed E-state index contributed by atoms with van der Waals surface area (Å²) in [5.74, 6) is 1.55. The molecule has 0 atom stereocenters. The predicted octanol–water partition coefficient (Wildman–Crippen LogP) is 2.94. The molecule has 3 aromatic rings. The number of benzene rings is 1. The van der Waals surface area contributed by atoms with Gasteiger partial charge in [0.25, 0.3) is 5.56 Å². The van der Waals surface area contributed by atoms with Crippen molar-refractivity contribution in [1.82, 2.24) is 19.4 Å². The number of likely N-dealkylation sites (tertiary alicyclic amines) is 1. The van der Waals surface area contributed by atoms with Gasteiger partial charge in [-0.1, -0.05) is 6.58 Å². The summed E-state index contributed by atoms with van der Waals surface area (Å²) in [5, 5.41) is 3.65. The van der Waals surface area contributed by atoms with Gasteiger partial charge >= 0.3 is 0 Å². The Balaban J connectivity index is 1.77. The van der Waals surface area contributed by atoms with Crippen molar-refractivity contribution < 1.29 is 19.0 Å². The van der Waals surface area contributed by atoms with E-state index in [1.807, 2.05) is 32.9 Å². The molecular weight excluding hydrogens is 474 g/mol. The largest absolute Gasteiger partial charge is 0.496 e. The lowest BCUT2D eigenvalue weighted by Gasteiger charge is -2.47. The summed E-state index contributed by atoms with van der Waals surface area (Å²) in [6, 6.07) is 3.64. The van der Waals surface area contributed by atoms with Gasteiger partial charge in [0.1, 0.15) is 22.7 Å². The van der Waals surface area contributed by atoms with Gasteiger partial charge < -0.3 is 24.4 Å². The van der Waals surface area contributed by atoms with Gasteiger partial charge in [-0.2, -0.15) is 4.98 Å². The number of hydrogen-bond donors (Lipinski definition) is 1. The quantitative estimate of drug-likeness (QED) is 0.441. The molecule has 1 N–H and O–H groups in total. The number of pyridine rings is 1. The number of methoxy groups -OCH3 is 2. The molecule has 10 heteroatoms. The predicted molar refractivity (Wildman–Crippen MR) is 142 cm³/mol. The highest BCUT2D eigenvalue weighted by molar-refractivity contribution is 5.88. The number of amides is 1. The lowest BCUT2D eigenvalue weighted by atomic mass is 9.94. The Labute approximate surface area is 215 Å². The standard InChI is InChI=1S/C27H33N5O5/c1-8-22(33)31-14-27(4,15-31)37-10-9-32-24-18(13-29-26(28-5)30-24)11-19(25(32)34)23-16(2)20(35-6)12-21(36-7)17(23)3/h8,11-13H,1,9-10,14-15H2,2-7H3,(H,28,29,30). The number of nitrogens with one attached hydrogen (secondary N) is 1. The van der Waals surface area contributed by atoms with Crippen LogP contribution in [0.15, 0.2) is 35.8 Å². The van der Waals surface area contributed by atoms with Crippen LogP contribution in [-0.4, -0.2) is 71.9 Å². The van der Waals surface area contributed by atoms with Gasteiger partial charge in [-0.05, 0) is 44.0 Å². The van der Waals surface area contributed by atoms with E-state index in [0.717, 1.165) is 16.7 Å². The monoisotopic (exact) mass is 507 g/mol. The van der Waals surface area contributed by atoms with Crippen LogP contribution in [0.25, 0.3) is 22.2 Å². The van der Waals surface area contributed by atoms with Crippen molar-refractivity contribution in [2.24, 2.45) is 0 Å². The Bertz CT molecular complexity index is 1400. The van der Waals surface area contributed by atoms with Crippen molar-refractivity contribution >= 4 is 22.9 Å². The van der Waals surface area contributed by atoms with Crippen molar-refractivity contribution in [2.45, 2.75) is 32.9 Å². The van der Waals surface area contributed by atoms with Crippen molar-refractivity contribution in [2.75, 3.05) is 46.3 Å². The third-order valence-electron chi connectivity index (χ3n) is 6.81. The highest BCUT2D eigenvalue weighted by atomic mass is 16.5. The van der Waals surface area contributed by atoms with E-state index in [9.17, 15) is 9.59 Å². The van der Waals surface area contributed by atoms with E-state index in [0.29, 0.717) is 47.1 Å². The summed E-state index contributed by atoms with van der Waals surface area (Å²) >= 11 is 0. The number of anilines is 1. The maximum Gasteiger partial charge on any atom is 0.260 e. The molecule has 37 heavy (non-hydrogen) atoms. The molecule has 1 amide bonds. The Morgan fingerprint density at radius 1 is 1.19 bits per heavy atom. The fourth-order valence-corrected chi connectivity index (χ4v) is 4.88. The summed E-state index contributed by atoms with van der Waals surface area (Å²) in [6.07, 6.45) is 3.00. The Kier molecular flexibility index (Phi) is 7.22. The van der Waals surface area contributed by atoms with Gasteiger partial charge in [-0.25, -0.2) is 4.98 Å². The van der Waals surface area contributed by atoms with Gasteiger partial charge in [0.2, 0.25) is 11.9 Å². The fourth-order valence-electron chi connectivity index (χ4n) is 4.88. The van der Waals surface area contributed by atoms with Crippen molar-refractivity contribution in [3.63, 3.8) is 0 Å².